The van der Waals surface area contributed by atoms with Crippen LogP contribution in [0.15, 0.2) is 18.7 Å². The number of hydrogen-bond donors (Lipinski definition) is 2. The molecule has 0 unspecified atom stereocenters. The Morgan fingerprint density at radius 1 is 1.41 bits per heavy atom. The lowest BCUT2D eigenvalue weighted by atomic mass is 9.86. The predicted octanol–water partition coefficient (Wildman–Crippen LogP) is 0.939. The summed E-state index contributed by atoms with van der Waals surface area (Å²) in [4.78, 5) is 15.6. The smallest absolute Gasteiger partial charge is 0.222 e. The van der Waals surface area contributed by atoms with Gasteiger partial charge in [-0.2, -0.15) is 0 Å². The van der Waals surface area contributed by atoms with Crippen LogP contribution in [0.25, 0.3) is 0 Å². The van der Waals surface area contributed by atoms with Gasteiger partial charge < -0.3 is 15.0 Å². The molecule has 1 aromatic heterocycles. The summed E-state index contributed by atoms with van der Waals surface area (Å²) in [6, 6.07) is 0. The average Bonchev–Trinajstić information content (AvgIpc) is 2.64. The van der Waals surface area contributed by atoms with Crippen LogP contribution in [0.3, 0.4) is 0 Å². The Balaban J connectivity index is 2.45. The first-order valence-corrected chi connectivity index (χ1v) is 5.71. The van der Waals surface area contributed by atoms with E-state index in [-0.39, 0.29) is 5.91 Å². The quantitative estimate of drug-likeness (QED) is 0.803. The Kier molecular flexibility index (Phi) is 3.93. The number of aromatic nitrogens is 2. The summed E-state index contributed by atoms with van der Waals surface area (Å²) < 4.78 is 1.84. The topological polar surface area (TPSA) is 67.2 Å². The van der Waals surface area contributed by atoms with Crippen LogP contribution in [-0.2, 0) is 11.3 Å². The van der Waals surface area contributed by atoms with Crippen LogP contribution in [0.5, 0.6) is 0 Å². The molecular weight excluding hydrogens is 218 g/mol. The Morgan fingerprint density at radius 2 is 2.06 bits per heavy atom. The minimum absolute atomic E-state index is 0.0779. The Hall–Kier alpha value is -1.36. The molecule has 0 spiro atoms. The fourth-order valence-corrected chi connectivity index (χ4v) is 1.21. The van der Waals surface area contributed by atoms with E-state index < -0.39 is 11.1 Å². The zero-order valence-electron chi connectivity index (χ0n) is 10.9. The number of nitrogens with zero attached hydrogens (tertiary/aromatic N) is 2. The second-order valence-corrected chi connectivity index (χ2v) is 5.28. The zero-order chi connectivity index (χ0) is 13.1. The molecule has 1 aromatic rings. The van der Waals surface area contributed by atoms with Crippen molar-refractivity contribution in [2.45, 2.75) is 51.8 Å². The summed E-state index contributed by atoms with van der Waals surface area (Å²) in [5.74, 6) is -0.0779. The number of aliphatic hydroxyl groups is 1. The van der Waals surface area contributed by atoms with Crippen molar-refractivity contribution in [2.75, 3.05) is 0 Å². The summed E-state index contributed by atoms with van der Waals surface area (Å²) in [6.07, 6.45) is 5.54. The molecule has 1 amide bonds. The largest absolute Gasteiger partial charge is 0.388 e. The van der Waals surface area contributed by atoms with Crippen molar-refractivity contribution >= 4 is 5.91 Å². The molecule has 0 saturated carbocycles. The normalized spacial score (nSPS) is 12.5. The van der Waals surface area contributed by atoms with Crippen LogP contribution in [0.4, 0.5) is 0 Å². The van der Waals surface area contributed by atoms with Gasteiger partial charge in [0.05, 0.1) is 17.5 Å². The molecule has 0 aliphatic heterocycles. The van der Waals surface area contributed by atoms with Crippen LogP contribution in [0, 0.1) is 0 Å². The molecule has 0 aliphatic rings. The number of amides is 1. The number of hydrogen-bond acceptors (Lipinski definition) is 3. The van der Waals surface area contributed by atoms with Crippen LogP contribution in [0.2, 0.25) is 0 Å². The van der Waals surface area contributed by atoms with Gasteiger partial charge in [-0.05, 0) is 27.7 Å². The van der Waals surface area contributed by atoms with Gasteiger partial charge in [-0.25, -0.2) is 4.98 Å². The third kappa shape index (κ3) is 3.85. The minimum Gasteiger partial charge on any atom is -0.388 e. The summed E-state index contributed by atoms with van der Waals surface area (Å²) in [6.45, 7) is 7.57. The van der Waals surface area contributed by atoms with E-state index in [0.29, 0.717) is 13.0 Å². The SMILES string of the molecule is CC(C)(O)C(C)(C)NC(=O)CCn1ccnc1. The number of imidazole rings is 1. The Labute approximate surface area is 102 Å². The first-order valence-electron chi connectivity index (χ1n) is 5.71. The van der Waals surface area contributed by atoms with Gasteiger partial charge in [-0.15, -0.1) is 0 Å². The number of carbonyl (C=O) groups excluding carboxylic acids is 1. The lowest BCUT2D eigenvalue weighted by Crippen LogP contribution is -2.57. The maximum atomic E-state index is 11.7. The number of aryl methyl sites for hydroxylation is 1. The standard InChI is InChI=1S/C12H21N3O2/c1-11(2,12(3,4)17)14-10(16)5-7-15-8-6-13-9-15/h6,8-9,17H,5,7H2,1-4H3,(H,14,16). The van der Waals surface area contributed by atoms with E-state index in [9.17, 15) is 9.90 Å². The van der Waals surface area contributed by atoms with Crippen LogP contribution < -0.4 is 5.32 Å². The van der Waals surface area contributed by atoms with Crippen molar-refractivity contribution in [1.29, 1.82) is 0 Å². The van der Waals surface area contributed by atoms with E-state index in [2.05, 4.69) is 10.3 Å². The highest BCUT2D eigenvalue weighted by atomic mass is 16.3. The van der Waals surface area contributed by atoms with Gasteiger partial charge in [-0.1, -0.05) is 0 Å². The van der Waals surface area contributed by atoms with Gasteiger partial charge in [0, 0.05) is 25.4 Å². The molecule has 96 valence electrons. The highest BCUT2D eigenvalue weighted by molar-refractivity contribution is 5.76. The van der Waals surface area contributed by atoms with Crippen molar-refractivity contribution in [2.24, 2.45) is 0 Å². The summed E-state index contributed by atoms with van der Waals surface area (Å²) in [7, 11) is 0. The highest BCUT2D eigenvalue weighted by Crippen LogP contribution is 2.20. The number of nitrogens with one attached hydrogen (secondary N) is 1. The first kappa shape index (κ1) is 13.7. The number of carbonyl (C=O) groups is 1. The summed E-state index contributed by atoms with van der Waals surface area (Å²) in [5.41, 5.74) is -1.61. The lowest BCUT2D eigenvalue weighted by Gasteiger charge is -2.38. The Morgan fingerprint density at radius 3 is 2.53 bits per heavy atom. The first-order chi connectivity index (χ1) is 7.72. The lowest BCUT2D eigenvalue weighted by molar-refractivity contribution is -0.126. The van der Waals surface area contributed by atoms with E-state index in [0.717, 1.165) is 0 Å². The third-order valence-electron chi connectivity index (χ3n) is 3.14. The molecule has 0 atom stereocenters. The monoisotopic (exact) mass is 239 g/mol. The van der Waals surface area contributed by atoms with Gasteiger partial charge >= 0.3 is 0 Å². The average molecular weight is 239 g/mol. The number of rotatable bonds is 5. The zero-order valence-corrected chi connectivity index (χ0v) is 10.9. The fraction of sp³-hybridized carbons (Fsp3) is 0.667. The Bertz CT molecular complexity index is 364. The molecule has 0 aliphatic carbocycles. The van der Waals surface area contributed by atoms with Crippen molar-refractivity contribution in [1.82, 2.24) is 14.9 Å². The fourth-order valence-electron chi connectivity index (χ4n) is 1.21. The molecule has 0 saturated heterocycles. The van der Waals surface area contributed by atoms with E-state index >= 15 is 0 Å². The molecule has 0 fully saturated rings. The maximum Gasteiger partial charge on any atom is 0.222 e. The summed E-state index contributed by atoms with van der Waals surface area (Å²) in [5, 5.41) is 12.8. The van der Waals surface area contributed by atoms with Crippen LogP contribution >= 0.6 is 0 Å². The molecule has 5 nitrogen and oxygen atoms in total. The van der Waals surface area contributed by atoms with E-state index in [1.807, 2.05) is 24.6 Å². The van der Waals surface area contributed by atoms with Gasteiger partial charge in [-0.3, -0.25) is 4.79 Å². The molecule has 17 heavy (non-hydrogen) atoms. The molecular formula is C12H21N3O2. The van der Waals surface area contributed by atoms with E-state index in [1.54, 1.807) is 26.4 Å². The van der Waals surface area contributed by atoms with Gasteiger partial charge in [0.25, 0.3) is 0 Å². The highest BCUT2D eigenvalue weighted by Gasteiger charge is 2.36. The van der Waals surface area contributed by atoms with E-state index in [4.69, 9.17) is 0 Å². The summed E-state index contributed by atoms with van der Waals surface area (Å²) >= 11 is 0. The van der Waals surface area contributed by atoms with E-state index in [1.165, 1.54) is 0 Å². The van der Waals surface area contributed by atoms with Crippen molar-refractivity contribution in [3.63, 3.8) is 0 Å². The van der Waals surface area contributed by atoms with Gasteiger partial charge in [0.2, 0.25) is 5.91 Å². The molecule has 2 N–H and O–H groups in total. The molecule has 1 rings (SSSR count). The van der Waals surface area contributed by atoms with Crippen molar-refractivity contribution in [3.8, 4) is 0 Å². The van der Waals surface area contributed by atoms with Crippen molar-refractivity contribution in [3.05, 3.63) is 18.7 Å². The molecule has 0 bridgehead atoms. The van der Waals surface area contributed by atoms with Gasteiger partial charge in [0.15, 0.2) is 0 Å². The van der Waals surface area contributed by atoms with Crippen LogP contribution in [-0.4, -0.2) is 31.7 Å². The molecule has 0 aromatic carbocycles. The second-order valence-electron chi connectivity index (χ2n) is 5.28. The predicted molar refractivity (Wildman–Crippen MR) is 65.4 cm³/mol. The molecule has 5 heteroatoms. The van der Waals surface area contributed by atoms with Gasteiger partial charge in [0.1, 0.15) is 0 Å². The minimum atomic E-state index is -0.961. The molecule has 1 heterocycles. The third-order valence-corrected chi connectivity index (χ3v) is 3.14. The van der Waals surface area contributed by atoms with Crippen molar-refractivity contribution < 1.29 is 9.90 Å². The maximum absolute atomic E-state index is 11.7. The second kappa shape index (κ2) is 4.87. The van der Waals surface area contributed by atoms with Crippen LogP contribution in [0.1, 0.15) is 34.1 Å². The molecule has 0 radical (unpaired) electrons.